The Morgan fingerprint density at radius 1 is 1.12 bits per heavy atom. The highest BCUT2D eigenvalue weighted by molar-refractivity contribution is 6.03. The molecule has 2 atom stereocenters. The predicted octanol–water partition coefficient (Wildman–Crippen LogP) is 6.42. The molecule has 4 saturated heterocycles. The van der Waals surface area contributed by atoms with E-state index >= 15 is 4.39 Å². The van der Waals surface area contributed by atoms with Crippen LogP contribution in [-0.4, -0.2) is 81.3 Å². The van der Waals surface area contributed by atoms with Gasteiger partial charge in [-0.3, -0.25) is 9.88 Å². The summed E-state index contributed by atoms with van der Waals surface area (Å²) in [7, 11) is 0. The largest absolute Gasteiger partial charge is 0.508 e. The van der Waals surface area contributed by atoms with Crippen LogP contribution in [0.1, 0.15) is 57.9 Å². The monoisotopic (exact) mass is 662 g/mol. The van der Waals surface area contributed by atoms with Gasteiger partial charge in [-0.1, -0.05) is 25.8 Å². The maximum atomic E-state index is 16.8. The maximum absolute atomic E-state index is 16.8. The Hall–Kier alpha value is -4.21. The van der Waals surface area contributed by atoms with Gasteiger partial charge >= 0.3 is 6.01 Å². The summed E-state index contributed by atoms with van der Waals surface area (Å²) in [6.45, 7) is 6.67. The second-order valence-electron chi connectivity index (χ2n) is 13.1. The van der Waals surface area contributed by atoms with Gasteiger partial charge < -0.3 is 20.1 Å². The van der Waals surface area contributed by atoms with Crippen molar-refractivity contribution in [2.45, 2.75) is 75.9 Å². The van der Waals surface area contributed by atoms with Crippen molar-refractivity contribution in [3.8, 4) is 35.4 Å². The van der Waals surface area contributed by atoms with Gasteiger partial charge in [-0.2, -0.15) is 9.97 Å². The van der Waals surface area contributed by atoms with Gasteiger partial charge in [0.05, 0.1) is 22.0 Å². The fourth-order valence-electron chi connectivity index (χ4n) is 8.25. The highest BCUT2D eigenvalue weighted by Crippen LogP contribution is 2.42. The highest BCUT2D eigenvalue weighted by Gasteiger charge is 2.51. The first kappa shape index (κ1) is 32.3. The van der Waals surface area contributed by atoms with Crippen LogP contribution in [0.3, 0.4) is 0 Å². The molecule has 4 fully saturated rings. The molecule has 4 aliphatic heterocycles. The number of aromatic hydroxyl groups is 1. The molecule has 0 saturated carbocycles. The third-order valence-corrected chi connectivity index (χ3v) is 10.4. The van der Waals surface area contributed by atoms with E-state index in [0.717, 1.165) is 38.8 Å². The Labute approximate surface area is 276 Å². The molecule has 4 aliphatic rings. The molecule has 2 aromatic heterocycles. The summed E-state index contributed by atoms with van der Waals surface area (Å²) >= 11 is 0. The molecule has 252 valence electrons. The molecule has 8 rings (SSSR count). The lowest BCUT2D eigenvalue weighted by atomic mass is 9.95. The van der Waals surface area contributed by atoms with E-state index in [9.17, 15) is 18.3 Å². The Morgan fingerprint density at radius 3 is 2.62 bits per heavy atom. The highest BCUT2D eigenvalue weighted by atomic mass is 19.3. The molecule has 12 heteroatoms. The van der Waals surface area contributed by atoms with Crippen LogP contribution >= 0.6 is 0 Å². The van der Waals surface area contributed by atoms with Gasteiger partial charge in [-0.25, -0.2) is 17.6 Å². The molecule has 0 aliphatic carbocycles. The number of benzene rings is 2. The van der Waals surface area contributed by atoms with E-state index in [4.69, 9.17) is 16.1 Å². The average Bonchev–Trinajstić information content (AvgIpc) is 3.77. The number of pyridine rings is 1. The van der Waals surface area contributed by atoms with Crippen LogP contribution in [0.5, 0.6) is 11.8 Å². The molecular formula is C36H38F4N6O2. The number of phenols is 1. The molecule has 8 nitrogen and oxygen atoms in total. The molecule has 48 heavy (non-hydrogen) atoms. The van der Waals surface area contributed by atoms with Crippen molar-refractivity contribution >= 4 is 27.5 Å². The fraction of sp³-hybridized carbons (Fsp3) is 0.472. The number of nitrogens with one attached hydrogen (secondary N) is 1. The Balaban J connectivity index is 0.00000179. The minimum absolute atomic E-state index is 0.0319. The van der Waals surface area contributed by atoms with Gasteiger partial charge in [0.1, 0.15) is 35.2 Å². The standard InChI is InChI=1S/C34H32F4N6O2.C2H6/c1-2-22-25(35)6-5-19-13-21(45)14-23(26(19)22)28-27(36)29-24(15-39-28)30(43-16-20-7-10-34(17-43,42-20)31(37)38)41-32(40-29)46-18-33-8-3-11-44(33)12-4-9-33;1-2/h1,5-6,13-15,20,31,42,45H,3-4,7-12,16-18H2;1-2H3. The Bertz CT molecular complexity index is 1920. The second kappa shape index (κ2) is 12.3. The van der Waals surface area contributed by atoms with Gasteiger partial charge in [-0.15, -0.1) is 6.42 Å². The summed E-state index contributed by atoms with van der Waals surface area (Å²) in [6.07, 6.45) is 9.42. The van der Waals surface area contributed by atoms with Crippen molar-refractivity contribution in [2.24, 2.45) is 0 Å². The van der Waals surface area contributed by atoms with Crippen LogP contribution in [0.4, 0.5) is 23.4 Å². The van der Waals surface area contributed by atoms with Crippen LogP contribution in [0.2, 0.25) is 0 Å². The zero-order valence-electron chi connectivity index (χ0n) is 27.0. The van der Waals surface area contributed by atoms with Gasteiger partial charge in [0.15, 0.2) is 5.82 Å². The first-order chi connectivity index (χ1) is 23.2. The number of phenolic OH excluding ortho intramolecular Hbond substituents is 1. The average molecular weight is 663 g/mol. The summed E-state index contributed by atoms with van der Waals surface area (Å²) in [5.41, 5.74) is -1.86. The van der Waals surface area contributed by atoms with E-state index in [0.29, 0.717) is 31.4 Å². The van der Waals surface area contributed by atoms with Crippen LogP contribution < -0.4 is 15.0 Å². The number of aromatic nitrogens is 3. The summed E-state index contributed by atoms with van der Waals surface area (Å²) in [4.78, 5) is 17.8. The quantitative estimate of drug-likeness (QED) is 0.181. The molecule has 6 heterocycles. The number of halogens is 4. The van der Waals surface area contributed by atoms with E-state index in [-0.39, 0.29) is 68.8 Å². The van der Waals surface area contributed by atoms with Crippen molar-refractivity contribution in [1.29, 1.82) is 0 Å². The van der Waals surface area contributed by atoms with Crippen molar-refractivity contribution in [3.05, 3.63) is 47.7 Å². The third-order valence-electron chi connectivity index (χ3n) is 10.4. The van der Waals surface area contributed by atoms with Gasteiger partial charge in [-0.05, 0) is 75.2 Å². The summed E-state index contributed by atoms with van der Waals surface area (Å²) < 4.78 is 66.6. The number of rotatable bonds is 6. The normalized spacial score (nSPS) is 23.0. The van der Waals surface area contributed by atoms with Crippen LogP contribution in [0.25, 0.3) is 32.9 Å². The van der Waals surface area contributed by atoms with Crippen molar-refractivity contribution < 1.29 is 27.4 Å². The number of ether oxygens (including phenoxy) is 1. The minimum Gasteiger partial charge on any atom is -0.508 e. The summed E-state index contributed by atoms with van der Waals surface area (Å²) in [5.74, 6) is 0.900. The SMILES string of the molecule is C#Cc1c(F)ccc2cc(O)cc(-c3ncc4c(N5CC6CCC(C(F)F)(C5)N6)nc(OCC56CCCN5CCC6)nc4c3F)c12.CC. The van der Waals surface area contributed by atoms with E-state index in [2.05, 4.69) is 26.1 Å². The molecular weight excluding hydrogens is 624 g/mol. The second-order valence-corrected chi connectivity index (χ2v) is 13.1. The van der Waals surface area contributed by atoms with Crippen molar-refractivity contribution in [1.82, 2.24) is 25.2 Å². The van der Waals surface area contributed by atoms with Crippen molar-refractivity contribution in [3.63, 3.8) is 0 Å². The molecule has 2 aromatic carbocycles. The Morgan fingerprint density at radius 2 is 1.90 bits per heavy atom. The van der Waals surface area contributed by atoms with Gasteiger partial charge in [0.2, 0.25) is 0 Å². The van der Waals surface area contributed by atoms with Crippen LogP contribution in [-0.2, 0) is 0 Å². The fourth-order valence-corrected chi connectivity index (χ4v) is 8.25. The number of hydrogen-bond donors (Lipinski definition) is 2. The molecule has 2 unspecified atom stereocenters. The first-order valence-electron chi connectivity index (χ1n) is 16.7. The van der Waals surface area contributed by atoms with E-state index < -0.39 is 23.6 Å². The number of anilines is 1. The zero-order valence-corrected chi connectivity index (χ0v) is 27.0. The minimum atomic E-state index is -2.61. The molecule has 4 aromatic rings. The number of nitrogens with zero attached hydrogens (tertiary/aromatic N) is 5. The lowest BCUT2D eigenvalue weighted by Crippen LogP contribution is -2.63. The molecule has 2 bridgehead atoms. The Kier molecular flexibility index (Phi) is 8.32. The summed E-state index contributed by atoms with van der Waals surface area (Å²) in [6, 6.07) is 5.10. The molecule has 0 amide bonds. The number of terminal acetylenes is 1. The predicted molar refractivity (Wildman–Crippen MR) is 177 cm³/mol. The molecule has 0 radical (unpaired) electrons. The summed E-state index contributed by atoms with van der Waals surface area (Å²) in [5, 5.41) is 14.5. The molecule has 0 spiro atoms. The number of fused-ring (bicyclic) bond motifs is 5. The first-order valence-corrected chi connectivity index (χ1v) is 16.7. The van der Waals surface area contributed by atoms with E-state index in [1.807, 2.05) is 13.8 Å². The lowest BCUT2D eigenvalue weighted by Gasteiger charge is -2.41. The van der Waals surface area contributed by atoms with E-state index in [1.165, 1.54) is 30.5 Å². The molecule has 2 N–H and O–H groups in total. The number of piperazine rings is 1. The smallest absolute Gasteiger partial charge is 0.319 e. The third kappa shape index (κ3) is 5.19. The lowest BCUT2D eigenvalue weighted by molar-refractivity contribution is 0.0367. The van der Waals surface area contributed by atoms with Crippen LogP contribution in [0.15, 0.2) is 30.5 Å². The maximum Gasteiger partial charge on any atom is 0.319 e. The van der Waals surface area contributed by atoms with E-state index in [1.54, 1.807) is 4.90 Å². The number of alkyl halides is 2. The van der Waals surface area contributed by atoms with Crippen molar-refractivity contribution in [2.75, 3.05) is 37.7 Å². The topological polar surface area (TPSA) is 86.6 Å². The zero-order chi connectivity index (χ0) is 33.8. The number of hydrogen-bond acceptors (Lipinski definition) is 8. The van der Waals surface area contributed by atoms with Gasteiger partial charge in [0.25, 0.3) is 6.43 Å². The van der Waals surface area contributed by atoms with Gasteiger partial charge in [0, 0.05) is 36.3 Å². The van der Waals surface area contributed by atoms with Crippen LogP contribution in [0, 0.1) is 24.0 Å².